The summed E-state index contributed by atoms with van der Waals surface area (Å²) < 4.78 is 0. The highest BCUT2D eigenvalue weighted by Crippen LogP contribution is 2.30. The van der Waals surface area contributed by atoms with Gasteiger partial charge in [-0.2, -0.15) is 0 Å². The maximum Gasteiger partial charge on any atom is 0.145 e. The number of piperazine rings is 1. The van der Waals surface area contributed by atoms with Gasteiger partial charge in [-0.1, -0.05) is 109 Å². The zero-order chi connectivity index (χ0) is 36.3. The van der Waals surface area contributed by atoms with Crippen LogP contribution in [-0.4, -0.2) is 59.0 Å². The summed E-state index contributed by atoms with van der Waals surface area (Å²) in [5.74, 6) is 2.97. The molecule has 51 heavy (non-hydrogen) atoms. The van der Waals surface area contributed by atoms with Gasteiger partial charge in [0.05, 0.1) is 17.9 Å². The lowest BCUT2D eigenvalue weighted by molar-refractivity contribution is 0.103. The molecule has 7 rings (SSSR count). The van der Waals surface area contributed by atoms with Crippen molar-refractivity contribution in [3.63, 3.8) is 0 Å². The zero-order valence-electron chi connectivity index (χ0n) is 32.5. The summed E-state index contributed by atoms with van der Waals surface area (Å²) in [6.07, 6.45) is 9.37. The van der Waals surface area contributed by atoms with Gasteiger partial charge in [0.15, 0.2) is 0 Å². The molecule has 2 fully saturated rings. The van der Waals surface area contributed by atoms with Crippen LogP contribution < -0.4 is 15.5 Å². The quantitative estimate of drug-likeness (QED) is 0.191. The van der Waals surface area contributed by atoms with Crippen molar-refractivity contribution in [1.29, 1.82) is 0 Å². The first kappa shape index (κ1) is 38.2. The SMILES string of the molecule is C=C(C)C.Cc1ccc(C(c2ccc(C)cc2)N2CCN(Cc3nc(N4CCC(C)CC4)c4c(n3)=CCCC=4)CC2)cc1.Cc1ccccc1C. The molecule has 3 heterocycles. The molecule has 1 aromatic heterocycles. The van der Waals surface area contributed by atoms with Gasteiger partial charge in [0.1, 0.15) is 11.6 Å². The number of anilines is 1. The van der Waals surface area contributed by atoms with Crippen LogP contribution in [-0.2, 0) is 6.54 Å². The standard InChI is InChI=1S/C34H43N5.C8H10.C4H8/c1-25-8-12-28(13-9-25)33(29-14-10-26(2)11-15-29)38-22-20-37(21-23-38)24-32-35-31-7-5-4-6-30(31)34(36-32)39-18-16-27(3)17-19-39;1-7-5-3-4-6-8(7)2;1-4(2)3/h6-15,27,33H,4-5,16-24H2,1-3H3;3-6H,1-2H3;1H2,2-3H3. The Bertz CT molecular complexity index is 1760. The minimum Gasteiger partial charge on any atom is -0.356 e. The number of aryl methyl sites for hydroxylation is 4. The average Bonchev–Trinajstić information content (AvgIpc) is 3.12. The highest BCUT2D eigenvalue weighted by atomic mass is 15.3. The molecule has 2 aliphatic heterocycles. The van der Waals surface area contributed by atoms with E-state index in [0.717, 1.165) is 75.7 Å². The summed E-state index contributed by atoms with van der Waals surface area (Å²) in [7, 11) is 0. The molecule has 0 saturated carbocycles. The molecular formula is C46H61N5. The molecular weight excluding hydrogens is 623 g/mol. The number of aromatic nitrogens is 2. The second-order valence-corrected chi connectivity index (χ2v) is 15.2. The summed E-state index contributed by atoms with van der Waals surface area (Å²) in [6, 6.07) is 26.9. The maximum absolute atomic E-state index is 5.20. The lowest BCUT2D eigenvalue weighted by atomic mass is 9.95. The predicted octanol–water partition coefficient (Wildman–Crippen LogP) is 8.48. The van der Waals surface area contributed by atoms with Gasteiger partial charge in [-0.15, -0.1) is 6.58 Å². The van der Waals surface area contributed by atoms with Gasteiger partial charge in [0, 0.05) is 44.5 Å². The van der Waals surface area contributed by atoms with E-state index in [1.807, 2.05) is 13.8 Å². The predicted molar refractivity (Wildman–Crippen MR) is 218 cm³/mol. The Labute approximate surface area is 308 Å². The second-order valence-electron chi connectivity index (χ2n) is 15.2. The van der Waals surface area contributed by atoms with Crippen molar-refractivity contribution in [3.8, 4) is 0 Å². The number of hydrogen-bond donors (Lipinski definition) is 0. The molecule has 0 radical (unpaired) electrons. The molecule has 5 nitrogen and oxygen atoms in total. The first-order valence-corrected chi connectivity index (χ1v) is 19.1. The number of fused-ring (bicyclic) bond motifs is 1. The molecule has 0 unspecified atom stereocenters. The highest BCUT2D eigenvalue weighted by Gasteiger charge is 2.27. The first-order valence-electron chi connectivity index (χ1n) is 19.1. The summed E-state index contributed by atoms with van der Waals surface area (Å²) in [6.45, 7) is 25.6. The van der Waals surface area contributed by atoms with E-state index < -0.39 is 0 Å². The van der Waals surface area contributed by atoms with E-state index >= 15 is 0 Å². The Kier molecular flexibility index (Phi) is 13.8. The second kappa shape index (κ2) is 18.4. The van der Waals surface area contributed by atoms with Gasteiger partial charge in [-0.05, 0) is 95.4 Å². The van der Waals surface area contributed by atoms with Gasteiger partial charge >= 0.3 is 0 Å². The van der Waals surface area contributed by atoms with Crippen molar-refractivity contribution < 1.29 is 0 Å². The maximum atomic E-state index is 5.20. The van der Waals surface area contributed by atoms with Gasteiger partial charge in [0.2, 0.25) is 0 Å². The van der Waals surface area contributed by atoms with Crippen molar-refractivity contribution >= 4 is 18.0 Å². The fraction of sp³-hybridized carbons (Fsp3) is 0.435. The van der Waals surface area contributed by atoms with Crippen molar-refractivity contribution in [2.24, 2.45) is 5.92 Å². The van der Waals surface area contributed by atoms with Crippen molar-refractivity contribution in [3.05, 3.63) is 135 Å². The summed E-state index contributed by atoms with van der Waals surface area (Å²) in [5.41, 5.74) is 9.28. The fourth-order valence-corrected chi connectivity index (χ4v) is 7.01. The third-order valence-corrected chi connectivity index (χ3v) is 10.3. The number of allylic oxidation sites excluding steroid dienone is 1. The molecule has 5 heteroatoms. The third-order valence-electron chi connectivity index (χ3n) is 10.3. The summed E-state index contributed by atoms with van der Waals surface area (Å²) in [5, 5.41) is 2.42. The summed E-state index contributed by atoms with van der Waals surface area (Å²) >= 11 is 0. The number of nitrogens with zero attached hydrogens (tertiary/aromatic N) is 5. The van der Waals surface area contributed by atoms with Crippen molar-refractivity contribution in [2.75, 3.05) is 44.2 Å². The number of hydrogen-bond acceptors (Lipinski definition) is 5. The van der Waals surface area contributed by atoms with E-state index in [4.69, 9.17) is 9.97 Å². The highest BCUT2D eigenvalue weighted by molar-refractivity contribution is 5.49. The van der Waals surface area contributed by atoms with Crippen LogP contribution in [0.3, 0.4) is 0 Å². The topological polar surface area (TPSA) is 35.5 Å². The molecule has 0 bridgehead atoms. The third kappa shape index (κ3) is 11.0. The number of rotatable bonds is 6. The molecule has 270 valence electrons. The van der Waals surface area contributed by atoms with E-state index in [1.54, 1.807) is 0 Å². The van der Waals surface area contributed by atoms with Crippen molar-refractivity contribution in [1.82, 2.24) is 19.8 Å². The molecule has 4 aromatic rings. The Morgan fingerprint density at radius 1 is 0.706 bits per heavy atom. The number of benzene rings is 3. The van der Waals surface area contributed by atoms with Crippen LogP contribution in [0.25, 0.3) is 12.2 Å². The Hall–Kier alpha value is -4.06. The molecule has 0 atom stereocenters. The van der Waals surface area contributed by atoms with Gasteiger partial charge in [-0.25, -0.2) is 9.97 Å². The molecule has 0 N–H and O–H groups in total. The van der Waals surface area contributed by atoms with Crippen LogP contribution in [0.4, 0.5) is 5.82 Å². The molecule has 0 amide bonds. The van der Waals surface area contributed by atoms with E-state index in [9.17, 15) is 0 Å². The van der Waals surface area contributed by atoms with Crippen LogP contribution >= 0.6 is 0 Å². The van der Waals surface area contributed by atoms with Gasteiger partial charge in [0.25, 0.3) is 0 Å². The lowest BCUT2D eigenvalue weighted by Crippen LogP contribution is -2.48. The van der Waals surface area contributed by atoms with Gasteiger partial charge < -0.3 is 4.90 Å². The minimum atomic E-state index is 0.284. The Morgan fingerprint density at radius 2 is 1.22 bits per heavy atom. The molecule has 2 saturated heterocycles. The molecule has 3 aromatic carbocycles. The van der Waals surface area contributed by atoms with E-state index in [1.165, 1.54) is 62.8 Å². The first-order chi connectivity index (χ1) is 24.6. The van der Waals surface area contributed by atoms with Gasteiger partial charge in [-0.3, -0.25) is 9.80 Å². The van der Waals surface area contributed by atoms with Crippen LogP contribution in [0, 0.1) is 33.6 Å². The average molecular weight is 684 g/mol. The Balaban J connectivity index is 0.000000359. The van der Waals surface area contributed by atoms with Crippen LogP contribution in [0.1, 0.15) is 91.7 Å². The van der Waals surface area contributed by atoms with Crippen molar-refractivity contribution in [2.45, 2.75) is 86.7 Å². The van der Waals surface area contributed by atoms with E-state index in [-0.39, 0.29) is 6.04 Å². The van der Waals surface area contributed by atoms with E-state index in [2.05, 4.69) is 141 Å². The number of piperidine rings is 1. The van der Waals surface area contributed by atoms with Crippen LogP contribution in [0.15, 0.2) is 84.9 Å². The van der Waals surface area contributed by atoms with Crippen LogP contribution in [0.2, 0.25) is 0 Å². The van der Waals surface area contributed by atoms with E-state index in [0.29, 0.717) is 0 Å². The monoisotopic (exact) mass is 683 g/mol. The summed E-state index contributed by atoms with van der Waals surface area (Å²) in [4.78, 5) is 18.0. The molecule has 1 aliphatic carbocycles. The molecule has 3 aliphatic rings. The van der Waals surface area contributed by atoms with Crippen LogP contribution in [0.5, 0.6) is 0 Å². The fourth-order valence-electron chi connectivity index (χ4n) is 7.01. The zero-order valence-corrected chi connectivity index (χ0v) is 32.5. The largest absolute Gasteiger partial charge is 0.356 e. The molecule has 0 spiro atoms. The Morgan fingerprint density at radius 3 is 1.73 bits per heavy atom. The lowest BCUT2D eigenvalue weighted by Gasteiger charge is -2.39. The normalized spacial score (nSPS) is 16.5. The smallest absolute Gasteiger partial charge is 0.145 e. The minimum absolute atomic E-state index is 0.284.